The normalized spacial score (nSPS) is 15.0. The van der Waals surface area contributed by atoms with Gasteiger partial charge in [-0.2, -0.15) is 0 Å². The van der Waals surface area contributed by atoms with Gasteiger partial charge in [0, 0.05) is 0 Å². The molecule has 0 unspecified atom stereocenters. The molecule has 0 saturated heterocycles. The standard InChI is InChI=1S/C22H14FNO2/c23-19-9-5-4-8-18(19)21-24-20(22(25)26-21)14-15-10-12-17(13-11-15)16-6-2-1-3-7-16/h1-14H. The van der Waals surface area contributed by atoms with Crippen molar-refractivity contribution < 1.29 is 13.9 Å². The summed E-state index contributed by atoms with van der Waals surface area (Å²) in [5, 5.41) is 0. The third kappa shape index (κ3) is 3.17. The van der Waals surface area contributed by atoms with Crippen LogP contribution in [0.4, 0.5) is 4.39 Å². The van der Waals surface area contributed by atoms with E-state index in [1.54, 1.807) is 18.2 Å². The van der Waals surface area contributed by atoms with Gasteiger partial charge in [0.05, 0.1) is 5.56 Å². The predicted octanol–water partition coefficient (Wildman–Crippen LogP) is 4.84. The molecule has 0 spiro atoms. The molecule has 3 nitrogen and oxygen atoms in total. The van der Waals surface area contributed by atoms with Gasteiger partial charge >= 0.3 is 5.97 Å². The number of hydrogen-bond donors (Lipinski definition) is 0. The second kappa shape index (κ2) is 6.76. The van der Waals surface area contributed by atoms with Gasteiger partial charge in [0.2, 0.25) is 5.90 Å². The first-order chi connectivity index (χ1) is 12.7. The maximum absolute atomic E-state index is 13.8. The second-order valence-electron chi connectivity index (χ2n) is 5.80. The number of benzene rings is 3. The molecule has 1 heterocycles. The summed E-state index contributed by atoms with van der Waals surface area (Å²) >= 11 is 0. The van der Waals surface area contributed by atoms with Crippen molar-refractivity contribution in [3.8, 4) is 11.1 Å². The quantitative estimate of drug-likeness (QED) is 0.504. The predicted molar refractivity (Wildman–Crippen MR) is 98.9 cm³/mol. The minimum Gasteiger partial charge on any atom is -0.402 e. The third-order valence-electron chi connectivity index (χ3n) is 4.05. The molecule has 3 aromatic rings. The van der Waals surface area contributed by atoms with Crippen LogP contribution >= 0.6 is 0 Å². The Morgan fingerprint density at radius 1 is 0.808 bits per heavy atom. The van der Waals surface area contributed by atoms with E-state index in [0.717, 1.165) is 16.7 Å². The molecule has 4 heteroatoms. The maximum atomic E-state index is 13.8. The summed E-state index contributed by atoms with van der Waals surface area (Å²) < 4.78 is 18.9. The zero-order chi connectivity index (χ0) is 17.9. The first-order valence-corrected chi connectivity index (χ1v) is 8.14. The molecule has 126 valence electrons. The fourth-order valence-electron chi connectivity index (χ4n) is 2.72. The van der Waals surface area contributed by atoms with Crippen LogP contribution < -0.4 is 0 Å². The maximum Gasteiger partial charge on any atom is 0.363 e. The van der Waals surface area contributed by atoms with Crippen molar-refractivity contribution in [2.45, 2.75) is 0 Å². The molecular formula is C22H14FNO2. The van der Waals surface area contributed by atoms with Crippen LogP contribution in [-0.2, 0) is 9.53 Å². The average Bonchev–Trinajstić information content (AvgIpc) is 3.04. The largest absolute Gasteiger partial charge is 0.402 e. The Hall–Kier alpha value is -3.53. The number of hydrogen-bond acceptors (Lipinski definition) is 3. The van der Waals surface area contributed by atoms with Gasteiger partial charge in [0.1, 0.15) is 5.82 Å². The van der Waals surface area contributed by atoms with Crippen LogP contribution in [0.15, 0.2) is 89.6 Å². The Balaban J connectivity index is 1.62. The number of halogens is 1. The molecular weight excluding hydrogens is 329 g/mol. The lowest BCUT2D eigenvalue weighted by Crippen LogP contribution is -2.07. The molecule has 4 rings (SSSR count). The second-order valence-corrected chi connectivity index (χ2v) is 5.80. The van der Waals surface area contributed by atoms with Gasteiger partial charge in [-0.3, -0.25) is 0 Å². The summed E-state index contributed by atoms with van der Waals surface area (Å²) in [6.07, 6.45) is 1.63. The zero-order valence-corrected chi connectivity index (χ0v) is 13.7. The van der Waals surface area contributed by atoms with Gasteiger partial charge in [0.25, 0.3) is 0 Å². The van der Waals surface area contributed by atoms with Crippen LogP contribution in [0.5, 0.6) is 0 Å². The Morgan fingerprint density at radius 2 is 1.46 bits per heavy atom. The summed E-state index contributed by atoms with van der Waals surface area (Å²) in [5.74, 6) is -1.08. The molecule has 0 aliphatic carbocycles. The number of ether oxygens (including phenoxy) is 1. The van der Waals surface area contributed by atoms with Crippen molar-refractivity contribution in [2.24, 2.45) is 4.99 Å². The summed E-state index contributed by atoms with van der Waals surface area (Å²) in [5.41, 5.74) is 3.33. The molecule has 0 fully saturated rings. The lowest BCUT2D eigenvalue weighted by molar-refractivity contribution is -0.129. The number of aliphatic imine (C=N–C) groups is 1. The van der Waals surface area contributed by atoms with Gasteiger partial charge in [-0.05, 0) is 34.9 Å². The van der Waals surface area contributed by atoms with E-state index in [1.165, 1.54) is 12.1 Å². The van der Waals surface area contributed by atoms with Crippen molar-refractivity contribution in [1.82, 2.24) is 0 Å². The van der Waals surface area contributed by atoms with Crippen molar-refractivity contribution in [1.29, 1.82) is 0 Å². The fourth-order valence-corrected chi connectivity index (χ4v) is 2.72. The van der Waals surface area contributed by atoms with Crippen molar-refractivity contribution in [2.75, 3.05) is 0 Å². The van der Waals surface area contributed by atoms with Crippen molar-refractivity contribution in [3.05, 3.63) is 102 Å². The summed E-state index contributed by atoms with van der Waals surface area (Å²) in [6.45, 7) is 0. The molecule has 1 aliphatic rings. The third-order valence-corrected chi connectivity index (χ3v) is 4.05. The Morgan fingerprint density at radius 3 is 2.19 bits per heavy atom. The highest BCUT2D eigenvalue weighted by molar-refractivity contribution is 6.12. The first-order valence-electron chi connectivity index (χ1n) is 8.14. The van der Waals surface area contributed by atoms with Crippen LogP contribution in [-0.4, -0.2) is 11.9 Å². The molecule has 0 radical (unpaired) electrons. The summed E-state index contributed by atoms with van der Waals surface area (Å²) in [4.78, 5) is 16.2. The van der Waals surface area contributed by atoms with Gasteiger partial charge in [-0.1, -0.05) is 66.7 Å². The number of rotatable bonds is 3. The monoisotopic (exact) mass is 343 g/mol. The van der Waals surface area contributed by atoms with Crippen LogP contribution in [0, 0.1) is 5.82 Å². The molecule has 0 atom stereocenters. The Kier molecular flexibility index (Phi) is 4.15. The van der Waals surface area contributed by atoms with Gasteiger partial charge in [0.15, 0.2) is 5.70 Å². The molecule has 3 aromatic carbocycles. The molecule has 0 N–H and O–H groups in total. The molecule has 26 heavy (non-hydrogen) atoms. The van der Waals surface area contributed by atoms with E-state index >= 15 is 0 Å². The number of carbonyl (C=O) groups excluding carboxylic acids is 1. The number of nitrogens with zero attached hydrogens (tertiary/aromatic N) is 1. The minimum atomic E-state index is -0.588. The topological polar surface area (TPSA) is 38.7 Å². The number of cyclic esters (lactones) is 1. The van der Waals surface area contributed by atoms with E-state index in [2.05, 4.69) is 4.99 Å². The minimum absolute atomic E-state index is 0.0137. The summed E-state index contributed by atoms with van der Waals surface area (Å²) in [7, 11) is 0. The lowest BCUT2D eigenvalue weighted by atomic mass is 10.0. The van der Waals surface area contributed by atoms with E-state index in [9.17, 15) is 9.18 Å². The van der Waals surface area contributed by atoms with Gasteiger partial charge in [-0.15, -0.1) is 0 Å². The van der Waals surface area contributed by atoms with Crippen molar-refractivity contribution in [3.63, 3.8) is 0 Å². The molecule has 0 saturated carbocycles. The van der Waals surface area contributed by atoms with E-state index in [-0.39, 0.29) is 17.2 Å². The first kappa shape index (κ1) is 16.0. The highest BCUT2D eigenvalue weighted by atomic mass is 19.1. The van der Waals surface area contributed by atoms with E-state index < -0.39 is 11.8 Å². The average molecular weight is 343 g/mol. The van der Waals surface area contributed by atoms with E-state index in [1.807, 2.05) is 54.6 Å². The van der Waals surface area contributed by atoms with Crippen LogP contribution in [0.25, 0.3) is 17.2 Å². The highest BCUT2D eigenvalue weighted by Crippen LogP contribution is 2.23. The molecule has 0 amide bonds. The molecule has 0 bridgehead atoms. The van der Waals surface area contributed by atoms with E-state index in [4.69, 9.17) is 4.74 Å². The van der Waals surface area contributed by atoms with E-state index in [0.29, 0.717) is 0 Å². The summed E-state index contributed by atoms with van der Waals surface area (Å²) in [6, 6.07) is 23.8. The van der Waals surface area contributed by atoms with Crippen LogP contribution in [0.2, 0.25) is 0 Å². The zero-order valence-electron chi connectivity index (χ0n) is 13.7. The van der Waals surface area contributed by atoms with Crippen LogP contribution in [0.1, 0.15) is 11.1 Å². The lowest BCUT2D eigenvalue weighted by Gasteiger charge is -2.01. The number of carbonyl (C=O) groups is 1. The van der Waals surface area contributed by atoms with Crippen LogP contribution in [0.3, 0.4) is 0 Å². The van der Waals surface area contributed by atoms with Crippen molar-refractivity contribution >= 4 is 17.9 Å². The van der Waals surface area contributed by atoms with Gasteiger partial charge in [-0.25, -0.2) is 14.2 Å². The smallest absolute Gasteiger partial charge is 0.363 e. The number of esters is 1. The molecule has 0 aromatic heterocycles. The fraction of sp³-hybridized carbons (Fsp3) is 0. The SMILES string of the molecule is O=C1OC(c2ccccc2F)=NC1=Cc1ccc(-c2ccccc2)cc1. The Bertz CT molecular complexity index is 1020. The van der Waals surface area contributed by atoms with Gasteiger partial charge < -0.3 is 4.74 Å². The highest BCUT2D eigenvalue weighted by Gasteiger charge is 2.25. The Labute approximate surface area is 150 Å². The molecule has 1 aliphatic heterocycles.